The molecule has 0 spiro atoms. The van der Waals surface area contributed by atoms with Crippen molar-refractivity contribution in [2.75, 3.05) is 13.1 Å². The Morgan fingerprint density at radius 1 is 1.40 bits per heavy atom. The van der Waals surface area contributed by atoms with Gasteiger partial charge in [-0.05, 0) is 67.7 Å². The minimum Gasteiger partial charge on any atom is -0.357 e. The highest BCUT2D eigenvalue weighted by Gasteiger charge is 2.14. The van der Waals surface area contributed by atoms with Gasteiger partial charge >= 0.3 is 0 Å². The van der Waals surface area contributed by atoms with Gasteiger partial charge in [-0.25, -0.2) is 0 Å². The van der Waals surface area contributed by atoms with Gasteiger partial charge in [0, 0.05) is 43.2 Å². The first-order chi connectivity index (χ1) is 11.9. The van der Waals surface area contributed by atoms with Crippen LogP contribution >= 0.6 is 27.3 Å². The third kappa shape index (κ3) is 5.85. The quantitative estimate of drug-likeness (QED) is 0.526. The van der Waals surface area contributed by atoms with E-state index in [0.29, 0.717) is 0 Å². The molecule has 1 unspecified atom stereocenters. The van der Waals surface area contributed by atoms with Crippen LogP contribution in [0.1, 0.15) is 35.7 Å². The fourth-order valence-electron chi connectivity index (χ4n) is 2.79. The van der Waals surface area contributed by atoms with E-state index in [1.54, 1.807) is 11.3 Å². The van der Waals surface area contributed by atoms with Crippen LogP contribution in [0.25, 0.3) is 0 Å². The average Bonchev–Trinajstić information content (AvgIpc) is 3.06. The fourth-order valence-corrected chi connectivity index (χ4v) is 4.26. The Kier molecular flexibility index (Phi) is 7.50. The highest BCUT2D eigenvalue weighted by molar-refractivity contribution is 9.11. The first kappa shape index (κ1) is 20.0. The summed E-state index contributed by atoms with van der Waals surface area (Å²) < 4.78 is 3.13. The average molecular weight is 426 g/mol. The number of hydrogen-bond donors (Lipinski definition) is 2. The highest BCUT2D eigenvalue weighted by Crippen LogP contribution is 2.22. The van der Waals surface area contributed by atoms with Gasteiger partial charge in [-0.15, -0.1) is 11.3 Å². The Balaban J connectivity index is 1.93. The normalized spacial score (nSPS) is 13.1. The second-order valence-electron chi connectivity index (χ2n) is 6.24. The number of aryl methyl sites for hydroxylation is 2. The first-order valence-electron chi connectivity index (χ1n) is 8.68. The number of guanidine groups is 1. The molecule has 0 aromatic carbocycles. The Morgan fingerprint density at radius 3 is 2.72 bits per heavy atom. The predicted molar refractivity (Wildman–Crippen MR) is 111 cm³/mol. The summed E-state index contributed by atoms with van der Waals surface area (Å²) in [5.74, 6) is 0.879. The minimum atomic E-state index is 0.287. The molecule has 0 saturated heterocycles. The van der Waals surface area contributed by atoms with Crippen molar-refractivity contribution in [2.24, 2.45) is 12.0 Å². The first-order valence-corrected chi connectivity index (χ1v) is 10.3. The van der Waals surface area contributed by atoms with Gasteiger partial charge in [0.25, 0.3) is 0 Å². The summed E-state index contributed by atoms with van der Waals surface area (Å²) in [7, 11) is 2.00. The van der Waals surface area contributed by atoms with Gasteiger partial charge in [-0.3, -0.25) is 9.67 Å². The Hall–Kier alpha value is -1.34. The second kappa shape index (κ2) is 9.38. The van der Waals surface area contributed by atoms with Gasteiger partial charge in [0.15, 0.2) is 5.96 Å². The lowest BCUT2D eigenvalue weighted by atomic mass is 10.1. The number of aromatic nitrogens is 2. The van der Waals surface area contributed by atoms with Gasteiger partial charge in [0.05, 0.1) is 9.48 Å². The van der Waals surface area contributed by atoms with E-state index in [9.17, 15) is 0 Å². The molecular formula is C18H28BrN5S. The van der Waals surface area contributed by atoms with Crippen molar-refractivity contribution in [1.82, 2.24) is 20.4 Å². The highest BCUT2D eigenvalue weighted by atomic mass is 79.9. The standard InChI is InChI=1S/C18H28BrN5S/c1-6-20-18(21-10-9-15-7-8-17(19)25-15)22-12(2)11-16-13(3)23-24(5)14(16)4/h7-8,12H,6,9-11H2,1-5H3,(H2,20,21,22). The molecule has 0 saturated carbocycles. The van der Waals surface area contributed by atoms with Gasteiger partial charge in [0.1, 0.15) is 0 Å². The van der Waals surface area contributed by atoms with Crippen LogP contribution in [0.5, 0.6) is 0 Å². The molecule has 5 nitrogen and oxygen atoms in total. The fraction of sp³-hybridized carbons (Fsp3) is 0.556. The molecule has 0 aliphatic heterocycles. The summed E-state index contributed by atoms with van der Waals surface area (Å²) in [6.45, 7) is 10.1. The van der Waals surface area contributed by atoms with E-state index in [1.165, 1.54) is 19.9 Å². The van der Waals surface area contributed by atoms with Gasteiger partial charge in [-0.1, -0.05) is 0 Å². The Bertz CT molecular complexity index is 719. The largest absolute Gasteiger partial charge is 0.357 e. The van der Waals surface area contributed by atoms with Crippen molar-refractivity contribution in [2.45, 2.75) is 46.6 Å². The lowest BCUT2D eigenvalue weighted by molar-refractivity contribution is 0.636. The molecule has 2 aromatic heterocycles. The van der Waals surface area contributed by atoms with E-state index in [4.69, 9.17) is 4.99 Å². The second-order valence-corrected chi connectivity index (χ2v) is 8.79. The number of aliphatic imine (C=N–C) groups is 1. The molecule has 0 amide bonds. The van der Waals surface area contributed by atoms with Crippen molar-refractivity contribution in [1.29, 1.82) is 0 Å². The lowest BCUT2D eigenvalue weighted by Gasteiger charge is -2.18. The number of halogens is 1. The molecule has 2 rings (SSSR count). The van der Waals surface area contributed by atoms with E-state index < -0.39 is 0 Å². The third-order valence-corrected chi connectivity index (χ3v) is 5.84. The van der Waals surface area contributed by atoms with Gasteiger partial charge < -0.3 is 10.6 Å². The molecule has 2 aromatic rings. The van der Waals surface area contributed by atoms with E-state index in [-0.39, 0.29) is 6.04 Å². The zero-order valence-corrected chi connectivity index (χ0v) is 18.1. The summed E-state index contributed by atoms with van der Waals surface area (Å²) >= 11 is 5.28. The minimum absolute atomic E-state index is 0.287. The smallest absolute Gasteiger partial charge is 0.191 e. The molecule has 2 N–H and O–H groups in total. The Labute approximate surface area is 163 Å². The zero-order valence-electron chi connectivity index (χ0n) is 15.7. The summed E-state index contributed by atoms with van der Waals surface area (Å²) in [4.78, 5) is 6.06. The molecule has 0 radical (unpaired) electrons. The van der Waals surface area contributed by atoms with Crippen molar-refractivity contribution < 1.29 is 0 Å². The number of nitrogens with zero attached hydrogens (tertiary/aromatic N) is 3. The van der Waals surface area contributed by atoms with Crippen LogP contribution in [0.4, 0.5) is 0 Å². The molecule has 0 bridgehead atoms. The van der Waals surface area contributed by atoms with Crippen LogP contribution in [0.3, 0.4) is 0 Å². The van der Waals surface area contributed by atoms with Crippen LogP contribution in [-0.4, -0.2) is 34.9 Å². The Morgan fingerprint density at radius 2 is 2.16 bits per heavy atom. The summed E-state index contributed by atoms with van der Waals surface area (Å²) in [6.07, 6.45) is 1.90. The third-order valence-electron chi connectivity index (χ3n) is 4.15. The van der Waals surface area contributed by atoms with Gasteiger partial charge in [-0.2, -0.15) is 5.10 Å². The van der Waals surface area contributed by atoms with Crippen LogP contribution in [-0.2, 0) is 19.9 Å². The van der Waals surface area contributed by atoms with Gasteiger partial charge in [0.2, 0.25) is 0 Å². The number of thiophene rings is 1. The lowest BCUT2D eigenvalue weighted by Crippen LogP contribution is -2.43. The maximum Gasteiger partial charge on any atom is 0.191 e. The van der Waals surface area contributed by atoms with Crippen LogP contribution in [0.2, 0.25) is 0 Å². The molecule has 0 fully saturated rings. The summed E-state index contributed by atoms with van der Waals surface area (Å²) in [5.41, 5.74) is 3.66. The molecule has 7 heteroatoms. The monoisotopic (exact) mass is 425 g/mol. The molecule has 2 heterocycles. The molecule has 0 aliphatic carbocycles. The summed E-state index contributed by atoms with van der Waals surface area (Å²) in [5, 5.41) is 11.4. The van der Waals surface area contributed by atoms with E-state index in [2.05, 4.69) is 71.5 Å². The van der Waals surface area contributed by atoms with Crippen molar-refractivity contribution >= 4 is 33.2 Å². The predicted octanol–water partition coefficient (Wildman–Crippen LogP) is 3.59. The molecule has 138 valence electrons. The summed E-state index contributed by atoms with van der Waals surface area (Å²) in [6, 6.07) is 4.53. The van der Waals surface area contributed by atoms with E-state index in [1.807, 2.05) is 11.7 Å². The van der Waals surface area contributed by atoms with E-state index >= 15 is 0 Å². The van der Waals surface area contributed by atoms with Crippen LogP contribution in [0.15, 0.2) is 20.9 Å². The van der Waals surface area contributed by atoms with Crippen molar-refractivity contribution in [3.05, 3.63) is 37.7 Å². The molecule has 1 atom stereocenters. The van der Waals surface area contributed by atoms with E-state index in [0.717, 1.165) is 37.6 Å². The molecular weight excluding hydrogens is 398 g/mol. The number of rotatable bonds is 7. The number of nitrogens with one attached hydrogen (secondary N) is 2. The maximum atomic E-state index is 4.71. The SMILES string of the molecule is CCNC(=NCCc1ccc(Br)s1)NC(C)Cc1c(C)nn(C)c1C. The van der Waals surface area contributed by atoms with Crippen LogP contribution in [0, 0.1) is 13.8 Å². The molecule has 25 heavy (non-hydrogen) atoms. The number of hydrogen-bond acceptors (Lipinski definition) is 3. The topological polar surface area (TPSA) is 54.2 Å². The van der Waals surface area contributed by atoms with Crippen molar-refractivity contribution in [3.63, 3.8) is 0 Å². The van der Waals surface area contributed by atoms with Crippen molar-refractivity contribution in [3.8, 4) is 0 Å². The van der Waals surface area contributed by atoms with Crippen LogP contribution < -0.4 is 10.6 Å². The maximum absolute atomic E-state index is 4.71. The zero-order chi connectivity index (χ0) is 18.4. The molecule has 0 aliphatic rings.